The first-order valence-corrected chi connectivity index (χ1v) is 7.01. The second kappa shape index (κ2) is 5.54. The zero-order valence-electron chi connectivity index (χ0n) is 11.3. The molecule has 1 heterocycles. The molecule has 1 aromatic carbocycles. The largest absolute Gasteiger partial charge is 0.310 e. The molecule has 0 spiro atoms. The Labute approximate surface area is 114 Å². The summed E-state index contributed by atoms with van der Waals surface area (Å²) in [4.78, 5) is 4.04. The Kier molecular flexibility index (Phi) is 3.60. The molecule has 3 rings (SSSR count). The van der Waals surface area contributed by atoms with E-state index in [0.29, 0.717) is 6.04 Å². The molecule has 2 nitrogen and oxygen atoms in total. The van der Waals surface area contributed by atoms with Crippen molar-refractivity contribution in [2.24, 2.45) is 0 Å². The number of nitrogens with zero attached hydrogens (tertiary/aromatic N) is 1. The first-order valence-electron chi connectivity index (χ1n) is 7.01. The molecule has 19 heavy (non-hydrogen) atoms. The minimum absolute atomic E-state index is 0.665. The van der Waals surface area contributed by atoms with Crippen LogP contribution in [-0.4, -0.2) is 11.0 Å². The van der Waals surface area contributed by atoms with Gasteiger partial charge in [-0.25, -0.2) is 0 Å². The summed E-state index contributed by atoms with van der Waals surface area (Å²) >= 11 is 0. The summed E-state index contributed by atoms with van der Waals surface area (Å²) in [6.45, 7) is 3.17. The molecule has 2 heteroatoms. The average molecular weight is 252 g/mol. The number of benzene rings is 1. The Morgan fingerprint density at radius 3 is 2.58 bits per heavy atom. The molecule has 0 aliphatic heterocycles. The van der Waals surface area contributed by atoms with Gasteiger partial charge in [0.25, 0.3) is 0 Å². The van der Waals surface area contributed by atoms with E-state index in [1.807, 2.05) is 12.4 Å². The molecule has 98 valence electrons. The van der Waals surface area contributed by atoms with Crippen LogP contribution in [0, 0.1) is 6.92 Å². The molecule has 1 aromatic heterocycles. The van der Waals surface area contributed by atoms with Crippen LogP contribution in [0.3, 0.4) is 0 Å². The van der Waals surface area contributed by atoms with Gasteiger partial charge in [0, 0.05) is 25.0 Å². The maximum Gasteiger partial charge on any atom is 0.0271 e. The molecular weight excluding hydrogens is 232 g/mol. The lowest BCUT2D eigenvalue weighted by Crippen LogP contribution is -2.39. The van der Waals surface area contributed by atoms with Crippen LogP contribution in [0.5, 0.6) is 0 Å². The summed E-state index contributed by atoms with van der Waals surface area (Å²) in [5.41, 5.74) is 4.28. The molecule has 0 radical (unpaired) electrons. The lowest BCUT2D eigenvalue weighted by molar-refractivity contribution is 0.289. The molecule has 1 N–H and O–H groups in total. The number of pyridine rings is 1. The predicted octanol–water partition coefficient (Wildman–Crippen LogP) is 3.43. The van der Waals surface area contributed by atoms with Gasteiger partial charge in [-0.2, -0.15) is 0 Å². The van der Waals surface area contributed by atoms with E-state index in [4.69, 9.17) is 0 Å². The SMILES string of the molecule is Cc1ccccc1C1CC(NCc2ccncc2)C1. The third-order valence-corrected chi connectivity index (χ3v) is 4.11. The maximum atomic E-state index is 4.04. The highest BCUT2D eigenvalue weighted by atomic mass is 14.9. The van der Waals surface area contributed by atoms with Crippen molar-refractivity contribution in [3.63, 3.8) is 0 Å². The minimum Gasteiger partial charge on any atom is -0.310 e. The van der Waals surface area contributed by atoms with E-state index in [0.717, 1.165) is 12.5 Å². The van der Waals surface area contributed by atoms with Gasteiger partial charge in [-0.05, 0) is 54.5 Å². The molecule has 0 atom stereocenters. The average Bonchev–Trinajstić information content (AvgIpc) is 2.40. The monoisotopic (exact) mass is 252 g/mol. The highest BCUT2D eigenvalue weighted by Crippen LogP contribution is 2.38. The molecule has 2 aromatic rings. The van der Waals surface area contributed by atoms with Gasteiger partial charge in [-0.3, -0.25) is 4.98 Å². The Hall–Kier alpha value is -1.67. The van der Waals surface area contributed by atoms with Crippen LogP contribution in [-0.2, 0) is 6.54 Å². The quantitative estimate of drug-likeness (QED) is 0.901. The van der Waals surface area contributed by atoms with Crippen LogP contribution in [0.4, 0.5) is 0 Å². The third kappa shape index (κ3) is 2.85. The second-order valence-electron chi connectivity index (χ2n) is 5.46. The fourth-order valence-electron chi connectivity index (χ4n) is 2.85. The van der Waals surface area contributed by atoms with Crippen molar-refractivity contribution in [1.82, 2.24) is 10.3 Å². The summed E-state index contributed by atoms with van der Waals surface area (Å²) in [6.07, 6.45) is 6.23. The van der Waals surface area contributed by atoms with Crippen molar-refractivity contribution in [2.75, 3.05) is 0 Å². The number of aromatic nitrogens is 1. The van der Waals surface area contributed by atoms with Crippen molar-refractivity contribution in [3.8, 4) is 0 Å². The fourth-order valence-corrected chi connectivity index (χ4v) is 2.85. The Bertz CT molecular complexity index is 530. The molecule has 0 unspecified atom stereocenters. The van der Waals surface area contributed by atoms with E-state index in [1.165, 1.54) is 29.5 Å². The normalized spacial score (nSPS) is 21.9. The van der Waals surface area contributed by atoms with Crippen molar-refractivity contribution in [3.05, 3.63) is 65.5 Å². The number of hydrogen-bond donors (Lipinski definition) is 1. The van der Waals surface area contributed by atoms with Crippen LogP contribution in [0.2, 0.25) is 0 Å². The molecule has 0 bridgehead atoms. The number of nitrogens with one attached hydrogen (secondary N) is 1. The molecular formula is C17H20N2. The van der Waals surface area contributed by atoms with Crippen LogP contribution in [0.15, 0.2) is 48.8 Å². The van der Waals surface area contributed by atoms with E-state index in [2.05, 4.69) is 53.6 Å². The first-order chi connectivity index (χ1) is 9.33. The van der Waals surface area contributed by atoms with Crippen molar-refractivity contribution >= 4 is 0 Å². The zero-order valence-corrected chi connectivity index (χ0v) is 11.3. The lowest BCUT2D eigenvalue weighted by Gasteiger charge is -2.37. The fraction of sp³-hybridized carbons (Fsp3) is 0.353. The predicted molar refractivity (Wildman–Crippen MR) is 78.0 cm³/mol. The third-order valence-electron chi connectivity index (χ3n) is 4.11. The molecule has 1 fully saturated rings. The molecule has 1 saturated carbocycles. The molecule has 0 saturated heterocycles. The molecule has 1 aliphatic carbocycles. The van der Waals surface area contributed by atoms with Gasteiger partial charge in [-0.1, -0.05) is 24.3 Å². The second-order valence-corrected chi connectivity index (χ2v) is 5.46. The van der Waals surface area contributed by atoms with Gasteiger partial charge in [-0.15, -0.1) is 0 Å². The Morgan fingerprint density at radius 1 is 1.11 bits per heavy atom. The lowest BCUT2D eigenvalue weighted by atomic mass is 9.74. The number of rotatable bonds is 4. The van der Waals surface area contributed by atoms with Crippen molar-refractivity contribution in [1.29, 1.82) is 0 Å². The van der Waals surface area contributed by atoms with E-state index >= 15 is 0 Å². The van der Waals surface area contributed by atoms with Crippen LogP contribution in [0.1, 0.15) is 35.4 Å². The van der Waals surface area contributed by atoms with Crippen LogP contribution >= 0.6 is 0 Å². The standard InChI is InChI=1S/C17H20N2/c1-13-4-2-3-5-17(13)15-10-16(11-15)19-12-14-6-8-18-9-7-14/h2-9,15-16,19H,10-12H2,1H3. The van der Waals surface area contributed by atoms with E-state index in [9.17, 15) is 0 Å². The zero-order chi connectivity index (χ0) is 13.1. The van der Waals surface area contributed by atoms with Crippen molar-refractivity contribution in [2.45, 2.75) is 38.3 Å². The van der Waals surface area contributed by atoms with Gasteiger partial charge in [0.15, 0.2) is 0 Å². The van der Waals surface area contributed by atoms with Gasteiger partial charge in [0.1, 0.15) is 0 Å². The van der Waals surface area contributed by atoms with Crippen LogP contribution in [0.25, 0.3) is 0 Å². The first kappa shape index (κ1) is 12.4. The van der Waals surface area contributed by atoms with Crippen LogP contribution < -0.4 is 5.32 Å². The number of hydrogen-bond acceptors (Lipinski definition) is 2. The summed E-state index contributed by atoms with van der Waals surface area (Å²) in [5.74, 6) is 0.746. The Morgan fingerprint density at radius 2 is 1.84 bits per heavy atom. The summed E-state index contributed by atoms with van der Waals surface area (Å²) in [5, 5.41) is 3.63. The maximum absolute atomic E-state index is 4.04. The molecule has 1 aliphatic rings. The number of aryl methyl sites for hydroxylation is 1. The minimum atomic E-state index is 0.665. The molecule has 0 amide bonds. The topological polar surface area (TPSA) is 24.9 Å². The van der Waals surface area contributed by atoms with Gasteiger partial charge >= 0.3 is 0 Å². The summed E-state index contributed by atoms with van der Waals surface area (Å²) in [6, 6.07) is 13.6. The summed E-state index contributed by atoms with van der Waals surface area (Å²) < 4.78 is 0. The van der Waals surface area contributed by atoms with E-state index in [-0.39, 0.29) is 0 Å². The summed E-state index contributed by atoms with van der Waals surface area (Å²) in [7, 11) is 0. The Balaban J connectivity index is 1.50. The smallest absolute Gasteiger partial charge is 0.0271 e. The van der Waals surface area contributed by atoms with E-state index < -0.39 is 0 Å². The highest BCUT2D eigenvalue weighted by Gasteiger charge is 2.30. The van der Waals surface area contributed by atoms with Crippen molar-refractivity contribution < 1.29 is 0 Å². The van der Waals surface area contributed by atoms with Gasteiger partial charge in [0.05, 0.1) is 0 Å². The van der Waals surface area contributed by atoms with E-state index in [1.54, 1.807) is 0 Å². The van der Waals surface area contributed by atoms with Gasteiger partial charge < -0.3 is 5.32 Å². The van der Waals surface area contributed by atoms with Gasteiger partial charge in [0.2, 0.25) is 0 Å². The highest BCUT2D eigenvalue weighted by molar-refractivity contribution is 5.31.